The summed E-state index contributed by atoms with van der Waals surface area (Å²) in [5, 5.41) is 9.06. The molecule has 0 amide bonds. The molecule has 0 saturated heterocycles. The molecule has 0 aliphatic heterocycles. The lowest BCUT2D eigenvalue weighted by Gasteiger charge is -2.29. The summed E-state index contributed by atoms with van der Waals surface area (Å²) in [5.74, 6) is 0.840. The molecule has 0 radical (unpaired) electrons. The number of hydrogen-bond donors (Lipinski definition) is 1. The maximum absolute atomic E-state index is 11.0. The fourth-order valence-corrected chi connectivity index (χ4v) is 3.08. The van der Waals surface area contributed by atoms with Crippen LogP contribution in [0.25, 0.3) is 0 Å². The zero-order valence-electron chi connectivity index (χ0n) is 12.6. The Bertz CT molecular complexity index is 462. The van der Waals surface area contributed by atoms with Gasteiger partial charge in [0.25, 0.3) is 0 Å². The fraction of sp³-hybridized carbons (Fsp3) is 0.588. The highest BCUT2D eigenvalue weighted by atomic mass is 16.5. The minimum absolute atomic E-state index is 0.283. The highest BCUT2D eigenvalue weighted by Crippen LogP contribution is 2.32. The van der Waals surface area contributed by atoms with E-state index < -0.39 is 5.97 Å². The number of aryl methyl sites for hydroxylation is 2. The van der Waals surface area contributed by atoms with E-state index in [-0.39, 0.29) is 6.10 Å². The van der Waals surface area contributed by atoms with E-state index in [2.05, 4.69) is 6.92 Å². The van der Waals surface area contributed by atoms with E-state index >= 15 is 0 Å². The normalized spacial score (nSPS) is 22.6. The van der Waals surface area contributed by atoms with Gasteiger partial charge in [-0.1, -0.05) is 13.3 Å². The van der Waals surface area contributed by atoms with Crippen molar-refractivity contribution in [1.29, 1.82) is 0 Å². The van der Waals surface area contributed by atoms with Gasteiger partial charge < -0.3 is 9.84 Å². The number of rotatable bonds is 4. The number of carboxylic acid groups (broad SMARTS) is 1. The number of carboxylic acids is 1. The Kier molecular flexibility index (Phi) is 4.69. The van der Waals surface area contributed by atoms with Crippen LogP contribution in [0.15, 0.2) is 12.1 Å². The first-order valence-electron chi connectivity index (χ1n) is 7.52. The lowest BCUT2D eigenvalue weighted by Crippen LogP contribution is -2.24. The van der Waals surface area contributed by atoms with Gasteiger partial charge in [0.1, 0.15) is 5.75 Å². The van der Waals surface area contributed by atoms with Gasteiger partial charge in [-0.05, 0) is 68.7 Å². The second kappa shape index (κ2) is 6.29. The van der Waals surface area contributed by atoms with E-state index in [9.17, 15) is 4.79 Å². The van der Waals surface area contributed by atoms with Crippen molar-refractivity contribution in [2.45, 2.75) is 59.0 Å². The Labute approximate surface area is 121 Å². The Morgan fingerprint density at radius 1 is 1.20 bits per heavy atom. The molecule has 3 heteroatoms. The van der Waals surface area contributed by atoms with Gasteiger partial charge in [0.2, 0.25) is 0 Å². The standard InChI is InChI=1S/C17H24O3/c1-4-13-5-7-15(8-6-13)20-16-11(2)9-14(17(18)19)10-12(16)3/h9-10,13,15H,4-8H2,1-3H3,(H,18,19). The van der Waals surface area contributed by atoms with Crippen molar-refractivity contribution in [3.05, 3.63) is 28.8 Å². The van der Waals surface area contributed by atoms with Crippen LogP contribution < -0.4 is 4.74 Å². The summed E-state index contributed by atoms with van der Waals surface area (Å²) in [5.41, 5.74) is 2.17. The summed E-state index contributed by atoms with van der Waals surface area (Å²) >= 11 is 0. The molecule has 1 aliphatic rings. The largest absolute Gasteiger partial charge is 0.490 e. The molecule has 0 spiro atoms. The summed E-state index contributed by atoms with van der Waals surface area (Å²) in [6.45, 7) is 6.10. The molecule has 1 aliphatic carbocycles. The third kappa shape index (κ3) is 3.33. The minimum atomic E-state index is -0.883. The molecule has 1 fully saturated rings. The molecule has 1 aromatic rings. The topological polar surface area (TPSA) is 46.5 Å². The Hall–Kier alpha value is -1.51. The summed E-state index contributed by atoms with van der Waals surface area (Å²) in [4.78, 5) is 11.0. The highest BCUT2D eigenvalue weighted by molar-refractivity contribution is 5.88. The molecule has 2 rings (SSSR count). The van der Waals surface area contributed by atoms with Gasteiger partial charge in [0.05, 0.1) is 11.7 Å². The van der Waals surface area contributed by atoms with Crippen molar-refractivity contribution in [3.8, 4) is 5.75 Å². The Balaban J connectivity index is 2.08. The first-order valence-corrected chi connectivity index (χ1v) is 7.52. The van der Waals surface area contributed by atoms with E-state index in [4.69, 9.17) is 9.84 Å². The van der Waals surface area contributed by atoms with E-state index in [1.165, 1.54) is 19.3 Å². The molecule has 0 heterocycles. The Morgan fingerprint density at radius 2 is 1.75 bits per heavy atom. The van der Waals surface area contributed by atoms with Gasteiger partial charge in [-0.2, -0.15) is 0 Å². The first-order chi connectivity index (χ1) is 9.51. The molecular formula is C17H24O3. The first kappa shape index (κ1) is 14.9. The van der Waals surface area contributed by atoms with Crippen molar-refractivity contribution in [2.24, 2.45) is 5.92 Å². The number of hydrogen-bond acceptors (Lipinski definition) is 2. The second-order valence-electron chi connectivity index (χ2n) is 5.91. The van der Waals surface area contributed by atoms with Crippen LogP contribution in [0.3, 0.4) is 0 Å². The van der Waals surface area contributed by atoms with Crippen LogP contribution in [-0.2, 0) is 0 Å². The van der Waals surface area contributed by atoms with Crippen LogP contribution in [0, 0.1) is 19.8 Å². The van der Waals surface area contributed by atoms with Crippen molar-refractivity contribution in [1.82, 2.24) is 0 Å². The average Bonchev–Trinajstić information content (AvgIpc) is 2.43. The summed E-state index contributed by atoms with van der Waals surface area (Å²) in [7, 11) is 0. The second-order valence-corrected chi connectivity index (χ2v) is 5.91. The summed E-state index contributed by atoms with van der Waals surface area (Å²) in [6, 6.07) is 3.39. The van der Waals surface area contributed by atoms with Gasteiger partial charge in [-0.25, -0.2) is 4.79 Å². The minimum Gasteiger partial charge on any atom is -0.490 e. The SMILES string of the molecule is CCC1CCC(Oc2c(C)cc(C(=O)O)cc2C)CC1. The predicted molar refractivity (Wildman–Crippen MR) is 79.5 cm³/mol. The van der Waals surface area contributed by atoms with Crippen molar-refractivity contribution in [2.75, 3.05) is 0 Å². The zero-order valence-corrected chi connectivity index (χ0v) is 12.6. The number of benzene rings is 1. The average molecular weight is 276 g/mol. The molecule has 1 aromatic carbocycles. The maximum Gasteiger partial charge on any atom is 0.335 e. The van der Waals surface area contributed by atoms with Gasteiger partial charge in [0.15, 0.2) is 0 Å². The van der Waals surface area contributed by atoms with Gasteiger partial charge in [0, 0.05) is 0 Å². The van der Waals surface area contributed by atoms with E-state index in [1.54, 1.807) is 12.1 Å². The third-order valence-electron chi connectivity index (χ3n) is 4.36. The smallest absolute Gasteiger partial charge is 0.335 e. The van der Waals surface area contributed by atoms with E-state index in [1.807, 2.05) is 13.8 Å². The predicted octanol–water partition coefficient (Wildman–Crippen LogP) is 4.35. The van der Waals surface area contributed by atoms with Crippen molar-refractivity contribution >= 4 is 5.97 Å². The van der Waals surface area contributed by atoms with E-state index in [0.717, 1.165) is 35.6 Å². The van der Waals surface area contributed by atoms with Crippen LogP contribution in [-0.4, -0.2) is 17.2 Å². The number of aromatic carboxylic acids is 1. The van der Waals surface area contributed by atoms with Crippen LogP contribution in [0.5, 0.6) is 5.75 Å². The molecule has 0 atom stereocenters. The quantitative estimate of drug-likeness (QED) is 0.889. The molecule has 3 nitrogen and oxygen atoms in total. The van der Waals surface area contributed by atoms with Crippen LogP contribution in [0.2, 0.25) is 0 Å². The lowest BCUT2D eigenvalue weighted by molar-refractivity contribution is 0.0696. The van der Waals surface area contributed by atoms with Gasteiger partial charge >= 0.3 is 5.97 Å². The lowest BCUT2D eigenvalue weighted by atomic mass is 9.86. The van der Waals surface area contributed by atoms with Crippen LogP contribution >= 0.6 is 0 Å². The molecule has 1 saturated carbocycles. The van der Waals surface area contributed by atoms with Crippen LogP contribution in [0.4, 0.5) is 0 Å². The monoisotopic (exact) mass is 276 g/mol. The Morgan fingerprint density at radius 3 is 2.20 bits per heavy atom. The summed E-state index contributed by atoms with van der Waals surface area (Å²) < 4.78 is 6.15. The van der Waals surface area contributed by atoms with Crippen molar-refractivity contribution in [3.63, 3.8) is 0 Å². The molecule has 110 valence electrons. The molecule has 1 N–H and O–H groups in total. The van der Waals surface area contributed by atoms with E-state index in [0.29, 0.717) is 5.56 Å². The maximum atomic E-state index is 11.0. The number of carbonyl (C=O) groups is 1. The third-order valence-corrected chi connectivity index (χ3v) is 4.36. The van der Waals surface area contributed by atoms with Gasteiger partial charge in [-0.15, -0.1) is 0 Å². The zero-order chi connectivity index (χ0) is 14.7. The summed E-state index contributed by atoms with van der Waals surface area (Å²) in [6.07, 6.45) is 6.25. The van der Waals surface area contributed by atoms with Gasteiger partial charge in [-0.3, -0.25) is 0 Å². The molecule has 0 unspecified atom stereocenters. The highest BCUT2D eigenvalue weighted by Gasteiger charge is 2.22. The molecule has 0 aromatic heterocycles. The van der Waals surface area contributed by atoms with Crippen LogP contribution in [0.1, 0.15) is 60.5 Å². The molecule has 0 bridgehead atoms. The fourth-order valence-electron chi connectivity index (χ4n) is 3.08. The number of ether oxygens (including phenoxy) is 1. The van der Waals surface area contributed by atoms with Crippen molar-refractivity contribution < 1.29 is 14.6 Å². The molecular weight excluding hydrogens is 252 g/mol. The molecule has 20 heavy (non-hydrogen) atoms.